The van der Waals surface area contributed by atoms with E-state index in [4.69, 9.17) is 4.74 Å². The number of hydrogen-bond acceptors (Lipinski definition) is 4. The minimum absolute atomic E-state index is 0.174. The van der Waals surface area contributed by atoms with E-state index >= 15 is 0 Å². The maximum atomic E-state index is 13.1. The topological polar surface area (TPSA) is 19.0 Å². The summed E-state index contributed by atoms with van der Waals surface area (Å²) in [5, 5.41) is 0. The summed E-state index contributed by atoms with van der Waals surface area (Å²) in [5.74, 6) is -0.174. The maximum absolute atomic E-state index is 13.1. The maximum Gasteiger partial charge on any atom is 0.123 e. The summed E-state index contributed by atoms with van der Waals surface area (Å²) in [6.07, 6.45) is 0.275. The normalized spacial score (nSPS) is 21.8. The van der Waals surface area contributed by atoms with Crippen LogP contribution in [-0.4, -0.2) is 68.3 Å². The Balaban J connectivity index is 1.24. The van der Waals surface area contributed by atoms with Gasteiger partial charge in [-0.2, -0.15) is 0 Å². The van der Waals surface area contributed by atoms with Crippen LogP contribution in [0.25, 0.3) is 0 Å². The number of benzene rings is 2. The lowest BCUT2D eigenvalue weighted by molar-refractivity contribution is -0.0463. The highest BCUT2D eigenvalue weighted by Crippen LogP contribution is 2.18. The average molecular weight is 384 g/mol. The number of aryl methyl sites for hydroxylation is 1. The van der Waals surface area contributed by atoms with Gasteiger partial charge in [0.25, 0.3) is 0 Å². The summed E-state index contributed by atoms with van der Waals surface area (Å²) in [4.78, 5) is 7.34. The van der Waals surface area contributed by atoms with E-state index in [-0.39, 0.29) is 11.9 Å². The van der Waals surface area contributed by atoms with E-state index in [9.17, 15) is 4.39 Å². The van der Waals surface area contributed by atoms with Crippen LogP contribution in [0.3, 0.4) is 0 Å². The Hall–Kier alpha value is -1.95. The number of ether oxygens (including phenoxy) is 1. The fourth-order valence-corrected chi connectivity index (χ4v) is 4.11. The zero-order valence-corrected chi connectivity index (χ0v) is 16.7. The van der Waals surface area contributed by atoms with Crippen molar-refractivity contribution in [1.29, 1.82) is 0 Å². The molecule has 0 aliphatic carbocycles. The number of piperazine rings is 1. The Morgan fingerprint density at radius 2 is 1.61 bits per heavy atom. The predicted octanol–water partition coefficient (Wildman–Crippen LogP) is 3.16. The van der Waals surface area contributed by atoms with Crippen LogP contribution in [0.4, 0.5) is 10.1 Å². The summed E-state index contributed by atoms with van der Waals surface area (Å²) in [7, 11) is 0. The van der Waals surface area contributed by atoms with Gasteiger partial charge in [-0.3, -0.25) is 9.80 Å². The van der Waals surface area contributed by atoms with Gasteiger partial charge in [0.2, 0.25) is 0 Å². The number of anilines is 1. The molecule has 0 N–H and O–H groups in total. The number of morpholine rings is 1. The van der Waals surface area contributed by atoms with E-state index in [0.717, 1.165) is 64.7 Å². The van der Waals surface area contributed by atoms with Gasteiger partial charge in [0.15, 0.2) is 0 Å². The molecule has 5 heteroatoms. The smallest absolute Gasteiger partial charge is 0.123 e. The standard InChI is InChI=1S/C23H30FN3O/c1-19-2-4-20(5-3-19)16-26-14-15-28-23(18-26)17-25-10-12-27(13-11-25)22-8-6-21(24)7-9-22/h2-9,23H,10-18H2,1H3. The van der Waals surface area contributed by atoms with Gasteiger partial charge in [-0.05, 0) is 36.8 Å². The molecule has 2 saturated heterocycles. The van der Waals surface area contributed by atoms with Crippen LogP contribution in [0.2, 0.25) is 0 Å². The van der Waals surface area contributed by atoms with Crippen molar-refractivity contribution in [2.24, 2.45) is 0 Å². The first kappa shape index (κ1) is 19.4. The number of nitrogens with zero attached hydrogens (tertiary/aromatic N) is 3. The summed E-state index contributed by atoms with van der Waals surface area (Å²) in [6, 6.07) is 15.7. The SMILES string of the molecule is Cc1ccc(CN2CCOC(CN3CCN(c4ccc(F)cc4)CC3)C2)cc1. The van der Waals surface area contributed by atoms with Gasteiger partial charge in [-0.1, -0.05) is 29.8 Å². The average Bonchev–Trinajstić information content (AvgIpc) is 2.71. The second-order valence-electron chi connectivity index (χ2n) is 7.98. The summed E-state index contributed by atoms with van der Waals surface area (Å²) < 4.78 is 19.2. The van der Waals surface area contributed by atoms with E-state index in [0.29, 0.717) is 0 Å². The molecule has 4 nitrogen and oxygen atoms in total. The van der Waals surface area contributed by atoms with Gasteiger partial charge < -0.3 is 9.64 Å². The number of halogens is 1. The zero-order chi connectivity index (χ0) is 19.3. The lowest BCUT2D eigenvalue weighted by Crippen LogP contribution is -2.52. The lowest BCUT2D eigenvalue weighted by Gasteiger charge is -2.40. The van der Waals surface area contributed by atoms with Gasteiger partial charge >= 0.3 is 0 Å². The molecule has 0 radical (unpaired) electrons. The quantitative estimate of drug-likeness (QED) is 0.789. The third-order valence-corrected chi connectivity index (χ3v) is 5.78. The molecule has 0 bridgehead atoms. The van der Waals surface area contributed by atoms with Gasteiger partial charge in [0.05, 0.1) is 12.7 Å². The molecule has 2 aliphatic rings. The molecule has 0 spiro atoms. The van der Waals surface area contributed by atoms with Crippen molar-refractivity contribution in [2.75, 3.05) is 57.3 Å². The van der Waals surface area contributed by atoms with Crippen molar-refractivity contribution in [3.63, 3.8) is 0 Å². The molecule has 150 valence electrons. The van der Waals surface area contributed by atoms with Gasteiger partial charge in [-0.15, -0.1) is 0 Å². The minimum Gasteiger partial charge on any atom is -0.374 e. The molecule has 28 heavy (non-hydrogen) atoms. The van der Waals surface area contributed by atoms with Crippen LogP contribution >= 0.6 is 0 Å². The Labute approximate surface area is 167 Å². The largest absolute Gasteiger partial charge is 0.374 e. The Morgan fingerprint density at radius 3 is 2.32 bits per heavy atom. The third kappa shape index (κ3) is 5.10. The second-order valence-corrected chi connectivity index (χ2v) is 7.98. The first-order chi connectivity index (χ1) is 13.7. The molecule has 0 saturated carbocycles. The second kappa shape index (κ2) is 9.03. The lowest BCUT2D eigenvalue weighted by atomic mass is 10.1. The van der Waals surface area contributed by atoms with Gasteiger partial charge in [0, 0.05) is 58.0 Å². The molecular weight excluding hydrogens is 353 g/mol. The van der Waals surface area contributed by atoms with Crippen molar-refractivity contribution in [3.05, 3.63) is 65.5 Å². The predicted molar refractivity (Wildman–Crippen MR) is 111 cm³/mol. The fourth-order valence-electron chi connectivity index (χ4n) is 4.11. The molecule has 1 unspecified atom stereocenters. The van der Waals surface area contributed by atoms with E-state index in [1.165, 1.54) is 11.1 Å². The van der Waals surface area contributed by atoms with Crippen LogP contribution in [0, 0.1) is 12.7 Å². The van der Waals surface area contributed by atoms with Crippen molar-refractivity contribution in [1.82, 2.24) is 9.80 Å². The first-order valence-electron chi connectivity index (χ1n) is 10.3. The highest BCUT2D eigenvalue weighted by Gasteiger charge is 2.25. The van der Waals surface area contributed by atoms with Crippen LogP contribution in [-0.2, 0) is 11.3 Å². The van der Waals surface area contributed by atoms with E-state index in [2.05, 4.69) is 45.9 Å². The first-order valence-corrected chi connectivity index (χ1v) is 10.3. The van der Waals surface area contributed by atoms with Crippen molar-refractivity contribution >= 4 is 5.69 Å². The molecule has 2 aliphatic heterocycles. The highest BCUT2D eigenvalue weighted by atomic mass is 19.1. The Bertz CT molecular complexity index is 741. The molecule has 0 amide bonds. The van der Waals surface area contributed by atoms with Crippen molar-refractivity contribution in [3.8, 4) is 0 Å². The highest BCUT2D eigenvalue weighted by molar-refractivity contribution is 5.46. The van der Waals surface area contributed by atoms with E-state index in [1.54, 1.807) is 12.1 Å². The molecular formula is C23H30FN3O. The monoisotopic (exact) mass is 383 g/mol. The van der Waals surface area contributed by atoms with Crippen LogP contribution < -0.4 is 4.90 Å². The number of hydrogen-bond donors (Lipinski definition) is 0. The van der Waals surface area contributed by atoms with E-state index in [1.807, 2.05) is 12.1 Å². The van der Waals surface area contributed by atoms with Crippen molar-refractivity contribution < 1.29 is 9.13 Å². The summed E-state index contributed by atoms with van der Waals surface area (Å²) in [6.45, 7) is 10.9. The van der Waals surface area contributed by atoms with E-state index < -0.39 is 0 Å². The van der Waals surface area contributed by atoms with Crippen molar-refractivity contribution in [2.45, 2.75) is 19.6 Å². The molecule has 1 atom stereocenters. The minimum atomic E-state index is -0.174. The van der Waals surface area contributed by atoms with Gasteiger partial charge in [0.1, 0.15) is 5.82 Å². The fraction of sp³-hybridized carbons (Fsp3) is 0.478. The van der Waals surface area contributed by atoms with Crippen LogP contribution in [0.15, 0.2) is 48.5 Å². The van der Waals surface area contributed by atoms with Gasteiger partial charge in [-0.25, -0.2) is 4.39 Å². The summed E-state index contributed by atoms with van der Waals surface area (Å²) >= 11 is 0. The Morgan fingerprint density at radius 1 is 0.893 bits per heavy atom. The third-order valence-electron chi connectivity index (χ3n) is 5.78. The molecule has 2 aromatic rings. The number of rotatable bonds is 5. The Kier molecular flexibility index (Phi) is 6.25. The molecule has 2 aromatic carbocycles. The van der Waals surface area contributed by atoms with Crippen LogP contribution in [0.5, 0.6) is 0 Å². The summed E-state index contributed by atoms with van der Waals surface area (Å²) in [5.41, 5.74) is 3.79. The molecule has 2 heterocycles. The molecule has 2 fully saturated rings. The van der Waals surface area contributed by atoms with Crippen LogP contribution in [0.1, 0.15) is 11.1 Å². The molecule has 4 rings (SSSR count). The molecule has 0 aromatic heterocycles. The zero-order valence-electron chi connectivity index (χ0n) is 16.7.